The third-order valence-electron chi connectivity index (χ3n) is 7.55. The van der Waals surface area contributed by atoms with Crippen LogP contribution in [0.2, 0.25) is 0 Å². The Morgan fingerprint density at radius 2 is 1.67 bits per heavy atom. The Balaban J connectivity index is 1.28. The monoisotopic (exact) mass is 586 g/mol. The first-order chi connectivity index (χ1) is 20.8. The van der Waals surface area contributed by atoms with Gasteiger partial charge in [0.05, 0.1) is 11.3 Å². The average Bonchev–Trinajstić information content (AvgIpc) is 3.69. The lowest BCUT2D eigenvalue weighted by Crippen LogP contribution is -2.44. The number of nitrogens with zero attached hydrogens (tertiary/aromatic N) is 3. The summed E-state index contributed by atoms with van der Waals surface area (Å²) in [5, 5.41) is 29.3. The van der Waals surface area contributed by atoms with Crippen molar-refractivity contribution in [2.45, 2.75) is 39.4 Å². The summed E-state index contributed by atoms with van der Waals surface area (Å²) in [7, 11) is 0. The molecule has 0 unspecified atom stereocenters. The normalized spacial score (nSPS) is 14.9. The lowest BCUT2D eigenvalue weighted by Gasteiger charge is -2.20. The minimum atomic E-state index is -1.15. The molecule has 0 bridgehead atoms. The molecule has 2 aromatic heterocycles. The number of carboxylic acid groups (broad SMARTS) is 1. The molecule has 1 atom stereocenters. The third kappa shape index (κ3) is 6.95. The molecular weight excluding hydrogens is 552 g/mol. The molecule has 1 amide bonds. The van der Waals surface area contributed by atoms with Gasteiger partial charge in [-0.1, -0.05) is 65.8 Å². The van der Waals surface area contributed by atoms with Crippen LogP contribution in [0.5, 0.6) is 11.5 Å². The molecular formula is C32H34N4O7. The van der Waals surface area contributed by atoms with Crippen LogP contribution in [-0.2, 0) is 13.2 Å². The molecule has 224 valence electrons. The average molecular weight is 587 g/mol. The third-order valence-corrected chi connectivity index (χ3v) is 7.55. The van der Waals surface area contributed by atoms with Crippen molar-refractivity contribution in [2.75, 3.05) is 26.2 Å². The first-order valence-electron chi connectivity index (χ1n) is 14.1. The predicted molar refractivity (Wildman–Crippen MR) is 156 cm³/mol. The number of carbonyl (C=O) groups excluding carboxylic acids is 1. The molecule has 43 heavy (non-hydrogen) atoms. The second-order valence-corrected chi connectivity index (χ2v) is 10.5. The highest BCUT2D eigenvalue weighted by Crippen LogP contribution is 2.35. The first-order valence-corrected chi connectivity index (χ1v) is 14.1. The van der Waals surface area contributed by atoms with Gasteiger partial charge in [0.15, 0.2) is 5.75 Å². The number of hydrogen-bond acceptors (Lipinski definition) is 8. The van der Waals surface area contributed by atoms with E-state index in [0.717, 1.165) is 24.1 Å². The summed E-state index contributed by atoms with van der Waals surface area (Å²) >= 11 is 0. The maximum atomic E-state index is 13.4. The number of pyridine rings is 1. The van der Waals surface area contributed by atoms with E-state index in [1.807, 2.05) is 60.7 Å². The first kappa shape index (κ1) is 29.6. The molecule has 1 aliphatic heterocycles. The highest BCUT2D eigenvalue weighted by Gasteiger charge is 2.32. The van der Waals surface area contributed by atoms with Crippen LogP contribution in [0.25, 0.3) is 0 Å². The van der Waals surface area contributed by atoms with Gasteiger partial charge >= 0.3 is 11.9 Å². The molecule has 2 N–H and O–H groups in total. The maximum Gasteiger partial charge on any atom is 0.374 e. The number of rotatable bonds is 12. The molecule has 3 heterocycles. The fraction of sp³-hybridized carbons (Fsp3) is 0.312. The highest BCUT2D eigenvalue weighted by atomic mass is 16.5. The molecule has 1 fully saturated rings. The summed E-state index contributed by atoms with van der Waals surface area (Å²) in [6, 6.07) is 20.7. The quantitative estimate of drug-likeness (QED) is 0.186. The summed E-state index contributed by atoms with van der Waals surface area (Å²) < 4.78 is 17.8. The number of carboxylic acids is 1. The Hall–Kier alpha value is -4.90. The van der Waals surface area contributed by atoms with Gasteiger partial charge in [-0.25, -0.2) is 4.79 Å². The molecule has 5 rings (SSSR count). The summed E-state index contributed by atoms with van der Waals surface area (Å²) in [4.78, 5) is 26.6. The Morgan fingerprint density at radius 1 is 1.05 bits per heavy atom. The largest absolute Gasteiger partial charge is 0.618 e. The Morgan fingerprint density at radius 3 is 2.28 bits per heavy atom. The highest BCUT2D eigenvalue weighted by molar-refractivity contribution is 5.93. The molecule has 11 heteroatoms. The molecule has 0 spiro atoms. The lowest BCUT2D eigenvalue weighted by atomic mass is 10.1. The van der Waals surface area contributed by atoms with Crippen molar-refractivity contribution in [1.29, 1.82) is 0 Å². The molecule has 11 nitrogen and oxygen atoms in total. The van der Waals surface area contributed by atoms with Crippen LogP contribution < -0.4 is 19.5 Å². The Kier molecular flexibility index (Phi) is 9.21. The molecule has 0 aliphatic carbocycles. The van der Waals surface area contributed by atoms with Crippen LogP contribution >= 0.6 is 0 Å². The molecule has 1 aliphatic rings. The number of carbonyl (C=O) groups is 2. The van der Waals surface area contributed by atoms with Crippen LogP contribution in [0.1, 0.15) is 61.5 Å². The van der Waals surface area contributed by atoms with Crippen LogP contribution in [0.4, 0.5) is 0 Å². The Bertz CT molecular complexity index is 1570. The summed E-state index contributed by atoms with van der Waals surface area (Å²) in [6.07, 6.45) is 0.797. The van der Waals surface area contributed by atoms with Crippen LogP contribution in [0, 0.1) is 19.1 Å². The molecule has 0 radical (unpaired) electrons. The molecule has 2 aromatic carbocycles. The smallest absolute Gasteiger partial charge is 0.374 e. The van der Waals surface area contributed by atoms with Crippen molar-refractivity contribution in [3.63, 3.8) is 0 Å². The van der Waals surface area contributed by atoms with Crippen molar-refractivity contribution in [3.8, 4) is 11.5 Å². The zero-order chi connectivity index (χ0) is 30.3. The molecule has 0 saturated carbocycles. The van der Waals surface area contributed by atoms with Crippen molar-refractivity contribution >= 4 is 11.9 Å². The summed E-state index contributed by atoms with van der Waals surface area (Å²) in [5.41, 5.74) is 3.05. The fourth-order valence-corrected chi connectivity index (χ4v) is 5.19. The van der Waals surface area contributed by atoms with Gasteiger partial charge in [-0.3, -0.25) is 4.79 Å². The van der Waals surface area contributed by atoms with Gasteiger partial charge in [-0.2, -0.15) is 4.73 Å². The van der Waals surface area contributed by atoms with Crippen LogP contribution in [0.15, 0.2) is 71.3 Å². The van der Waals surface area contributed by atoms with Gasteiger partial charge in [0.25, 0.3) is 5.69 Å². The van der Waals surface area contributed by atoms with E-state index in [4.69, 9.17) is 19.1 Å². The van der Waals surface area contributed by atoms with E-state index in [-0.39, 0.29) is 36.3 Å². The zero-order valence-corrected chi connectivity index (χ0v) is 24.1. The van der Waals surface area contributed by atoms with E-state index >= 15 is 0 Å². The summed E-state index contributed by atoms with van der Waals surface area (Å²) in [5.74, 6) is -1.14. The molecule has 4 aromatic rings. The minimum Gasteiger partial charge on any atom is -0.618 e. The number of hydrogen-bond donors (Lipinski definition) is 2. The van der Waals surface area contributed by atoms with E-state index in [2.05, 4.69) is 15.4 Å². The van der Waals surface area contributed by atoms with Gasteiger partial charge in [0, 0.05) is 38.5 Å². The number of likely N-dealkylation sites (tertiary alicyclic amines) is 1. The number of amides is 1. The Labute approximate surface area is 249 Å². The van der Waals surface area contributed by atoms with Crippen molar-refractivity contribution in [1.82, 2.24) is 15.4 Å². The van der Waals surface area contributed by atoms with Crippen molar-refractivity contribution in [3.05, 3.63) is 111 Å². The van der Waals surface area contributed by atoms with Gasteiger partial charge < -0.3 is 34.5 Å². The number of aromatic nitrogens is 2. The zero-order valence-electron chi connectivity index (χ0n) is 24.1. The number of ether oxygens (including phenoxy) is 2. The molecule has 1 saturated heterocycles. The van der Waals surface area contributed by atoms with Gasteiger partial charge in [-0.15, -0.1) is 0 Å². The second-order valence-electron chi connectivity index (χ2n) is 10.5. The maximum absolute atomic E-state index is 13.4. The van der Waals surface area contributed by atoms with Gasteiger partial charge in [-0.05, 0) is 31.0 Å². The van der Waals surface area contributed by atoms with Gasteiger partial charge in [0.1, 0.15) is 13.2 Å². The van der Waals surface area contributed by atoms with Gasteiger partial charge in [0.2, 0.25) is 17.2 Å². The van der Waals surface area contributed by atoms with E-state index in [0.29, 0.717) is 47.1 Å². The topological polar surface area (TPSA) is 141 Å². The van der Waals surface area contributed by atoms with Crippen molar-refractivity contribution in [2.24, 2.45) is 0 Å². The number of aromatic carboxylic acids is 1. The summed E-state index contributed by atoms with van der Waals surface area (Å²) in [6.45, 7) is 6.07. The standard InChI is InChI=1S/C32H34N4O7/c1-21-28(31(37)33-14-16-35-15-13-25(18-35)26-17-27(32(38)39)43-34-26)36(40)22(2)30(42-20-24-11-7-4-8-12-24)29(21)41-19-23-9-5-3-6-10-23/h3-12,17,25H,13-16,18-20H2,1-2H3,(H,33,37)(H,38,39)/t25-/m1/s1. The predicted octanol–water partition coefficient (Wildman–Crippen LogP) is 4.00. The lowest BCUT2D eigenvalue weighted by molar-refractivity contribution is -0.615. The van der Waals surface area contributed by atoms with E-state index in [9.17, 15) is 14.8 Å². The minimum absolute atomic E-state index is 0.0456. The van der Waals surface area contributed by atoms with Crippen LogP contribution in [-0.4, -0.2) is 53.2 Å². The SMILES string of the molecule is Cc1c(OCc2ccccc2)c(OCc2ccccc2)c(C)[n+]([O-])c1C(=O)NCCN1CC[C@@H](c2cc(C(=O)O)on2)C1. The fourth-order valence-electron chi connectivity index (χ4n) is 5.19. The van der Waals surface area contributed by atoms with E-state index in [1.165, 1.54) is 6.07 Å². The van der Waals surface area contributed by atoms with E-state index in [1.54, 1.807) is 13.8 Å². The van der Waals surface area contributed by atoms with E-state index < -0.39 is 11.9 Å². The van der Waals surface area contributed by atoms with Crippen molar-refractivity contribution < 1.29 is 33.4 Å². The van der Waals surface area contributed by atoms with Crippen LogP contribution in [0.3, 0.4) is 0 Å². The number of benzene rings is 2. The number of nitrogens with one attached hydrogen (secondary N) is 1. The second kappa shape index (κ2) is 13.4.